The van der Waals surface area contributed by atoms with Crippen molar-refractivity contribution in [3.05, 3.63) is 64.8 Å². The quantitative estimate of drug-likeness (QED) is 0.780. The molecule has 1 atom stereocenters. The van der Waals surface area contributed by atoms with Gasteiger partial charge >= 0.3 is 9.28 Å². The van der Waals surface area contributed by atoms with Crippen LogP contribution in [0.15, 0.2) is 53.6 Å². The monoisotopic (exact) mass is 269 g/mol. The van der Waals surface area contributed by atoms with E-state index in [9.17, 15) is 0 Å². The van der Waals surface area contributed by atoms with Gasteiger partial charge in [0.15, 0.2) is 0 Å². The van der Waals surface area contributed by atoms with Crippen molar-refractivity contribution in [2.24, 2.45) is 0 Å². The molecule has 0 aromatic heterocycles. The maximum Gasteiger partial charge on any atom is 0.397 e. The molecule has 0 aliphatic heterocycles. The Hall–Kier alpha value is -1.42. The predicted molar refractivity (Wildman–Crippen MR) is 78.8 cm³/mol. The van der Waals surface area contributed by atoms with Crippen molar-refractivity contribution in [1.82, 2.24) is 0 Å². The van der Waals surface area contributed by atoms with E-state index < -0.39 is 9.28 Å². The molecule has 0 heterocycles. The maximum atomic E-state index is 5.62. The minimum absolute atomic E-state index is 0.266. The van der Waals surface area contributed by atoms with Crippen LogP contribution in [0.2, 0.25) is 0 Å². The zero-order chi connectivity index (χ0) is 13.2. The summed E-state index contributed by atoms with van der Waals surface area (Å²) in [6.07, 6.45) is 9.83. The average Bonchev–Trinajstić information content (AvgIpc) is 3.07. The molecule has 0 fully saturated rings. The van der Waals surface area contributed by atoms with Crippen LogP contribution in [-0.2, 0) is 8.85 Å². The van der Waals surface area contributed by atoms with Crippen molar-refractivity contribution >= 4 is 15.4 Å². The molecule has 0 saturated carbocycles. The largest absolute Gasteiger partial charge is 0.397 e. The van der Waals surface area contributed by atoms with Gasteiger partial charge in [-0.2, -0.15) is 0 Å². The van der Waals surface area contributed by atoms with Crippen LogP contribution in [0.5, 0.6) is 0 Å². The van der Waals surface area contributed by atoms with Crippen molar-refractivity contribution in [3.8, 4) is 0 Å². The van der Waals surface area contributed by atoms with Crippen LogP contribution in [0.3, 0.4) is 0 Å². The van der Waals surface area contributed by atoms with Gasteiger partial charge in [-0.05, 0) is 28.7 Å². The highest BCUT2D eigenvalue weighted by Gasteiger charge is 2.37. The number of rotatable bonds is 4. The Balaban J connectivity index is 2.03. The molecule has 3 heteroatoms. The molecule has 19 heavy (non-hydrogen) atoms. The van der Waals surface area contributed by atoms with Gasteiger partial charge in [-0.1, -0.05) is 48.6 Å². The first-order chi connectivity index (χ1) is 9.35. The molecule has 2 aliphatic carbocycles. The number of allylic oxidation sites excluding steroid dienone is 5. The molecule has 0 N–H and O–H groups in total. The smallest absolute Gasteiger partial charge is 0.396 e. The molecule has 0 spiro atoms. The second-order valence-electron chi connectivity index (χ2n) is 4.71. The lowest BCUT2D eigenvalue weighted by atomic mass is 10.0. The Kier molecular flexibility index (Phi) is 3.51. The molecular formula is C16H17O2Si. The van der Waals surface area contributed by atoms with Gasteiger partial charge in [-0.3, -0.25) is 0 Å². The maximum absolute atomic E-state index is 5.62. The molecule has 1 aromatic rings. The zero-order valence-electron chi connectivity index (χ0n) is 11.2. The third kappa shape index (κ3) is 2.14. The lowest BCUT2D eigenvalue weighted by Crippen LogP contribution is -2.29. The van der Waals surface area contributed by atoms with Crippen LogP contribution >= 0.6 is 0 Å². The van der Waals surface area contributed by atoms with Crippen molar-refractivity contribution in [3.63, 3.8) is 0 Å². The summed E-state index contributed by atoms with van der Waals surface area (Å²) in [5, 5.41) is 0. The second-order valence-corrected chi connectivity index (χ2v) is 6.74. The fourth-order valence-corrected chi connectivity index (χ4v) is 4.51. The lowest BCUT2D eigenvalue weighted by molar-refractivity contribution is 0.271. The third-order valence-corrected chi connectivity index (χ3v) is 5.61. The number of benzene rings is 1. The minimum Gasteiger partial charge on any atom is -0.396 e. The van der Waals surface area contributed by atoms with E-state index >= 15 is 0 Å². The van der Waals surface area contributed by atoms with Crippen LogP contribution in [-0.4, -0.2) is 23.5 Å². The summed E-state index contributed by atoms with van der Waals surface area (Å²) in [5.74, 6) is 0. The van der Waals surface area contributed by atoms with Crippen molar-refractivity contribution in [1.29, 1.82) is 0 Å². The topological polar surface area (TPSA) is 18.5 Å². The summed E-state index contributed by atoms with van der Waals surface area (Å²) >= 11 is 0. The SMILES string of the molecule is CO[Si](OC)C1C(C2=CC=CC2)=Cc2ccccc21. The lowest BCUT2D eigenvalue weighted by Gasteiger charge is -2.22. The first kappa shape index (κ1) is 12.6. The standard InChI is InChI=1S/C16H17O2Si/c1-17-19(18-2)16-14-10-6-5-9-13(14)11-15(16)12-7-3-4-8-12/h3-7,9-11,16H,8H2,1-2H3. The third-order valence-electron chi connectivity index (χ3n) is 3.71. The molecule has 2 nitrogen and oxygen atoms in total. The van der Waals surface area contributed by atoms with E-state index in [4.69, 9.17) is 8.85 Å². The minimum atomic E-state index is -1.33. The van der Waals surface area contributed by atoms with Crippen molar-refractivity contribution in [2.75, 3.05) is 14.2 Å². The first-order valence-corrected chi connectivity index (χ1v) is 7.86. The van der Waals surface area contributed by atoms with E-state index in [0.29, 0.717) is 0 Å². The number of hydrogen-bond acceptors (Lipinski definition) is 2. The second kappa shape index (κ2) is 5.29. The highest BCUT2D eigenvalue weighted by Crippen LogP contribution is 2.43. The van der Waals surface area contributed by atoms with Crippen LogP contribution in [0.4, 0.5) is 0 Å². The molecule has 1 unspecified atom stereocenters. The first-order valence-electron chi connectivity index (χ1n) is 6.46. The Morgan fingerprint density at radius 3 is 2.63 bits per heavy atom. The predicted octanol–water partition coefficient (Wildman–Crippen LogP) is 3.37. The van der Waals surface area contributed by atoms with Gasteiger partial charge in [-0.15, -0.1) is 0 Å². The highest BCUT2D eigenvalue weighted by molar-refractivity contribution is 6.48. The molecule has 1 radical (unpaired) electrons. The number of hydrogen-bond donors (Lipinski definition) is 0. The number of fused-ring (bicyclic) bond motifs is 1. The molecule has 97 valence electrons. The molecule has 2 aliphatic rings. The van der Waals surface area contributed by atoms with Gasteiger partial charge in [-0.25, -0.2) is 0 Å². The molecular weight excluding hydrogens is 252 g/mol. The van der Waals surface area contributed by atoms with Crippen molar-refractivity contribution < 1.29 is 8.85 Å². The summed E-state index contributed by atoms with van der Waals surface area (Å²) in [6.45, 7) is 0. The highest BCUT2D eigenvalue weighted by atomic mass is 28.3. The van der Waals surface area contributed by atoms with E-state index in [1.165, 1.54) is 22.3 Å². The average molecular weight is 269 g/mol. The van der Waals surface area contributed by atoms with Gasteiger partial charge in [0.2, 0.25) is 0 Å². The van der Waals surface area contributed by atoms with Crippen LogP contribution in [0.25, 0.3) is 6.08 Å². The Labute approximate surface area is 115 Å². The van der Waals surface area contributed by atoms with E-state index in [-0.39, 0.29) is 5.54 Å². The van der Waals surface area contributed by atoms with Crippen LogP contribution in [0, 0.1) is 0 Å². The molecule has 3 rings (SSSR count). The fraction of sp³-hybridized carbons (Fsp3) is 0.250. The summed E-state index contributed by atoms with van der Waals surface area (Å²) < 4.78 is 11.2. The van der Waals surface area contributed by atoms with Gasteiger partial charge in [0.1, 0.15) is 0 Å². The Morgan fingerprint density at radius 2 is 1.95 bits per heavy atom. The normalized spacial score (nSPS) is 20.7. The van der Waals surface area contributed by atoms with Gasteiger partial charge in [0, 0.05) is 14.2 Å². The van der Waals surface area contributed by atoms with Gasteiger partial charge in [0.05, 0.1) is 5.54 Å². The summed E-state index contributed by atoms with van der Waals surface area (Å²) in [4.78, 5) is 0. The van der Waals surface area contributed by atoms with E-state index in [2.05, 4.69) is 48.6 Å². The zero-order valence-corrected chi connectivity index (χ0v) is 12.2. The van der Waals surface area contributed by atoms with Gasteiger partial charge < -0.3 is 8.85 Å². The molecule has 1 aromatic carbocycles. The van der Waals surface area contributed by atoms with Crippen molar-refractivity contribution in [2.45, 2.75) is 12.0 Å². The summed E-state index contributed by atoms with van der Waals surface area (Å²) in [6, 6.07) is 8.54. The molecule has 0 bridgehead atoms. The molecule has 0 amide bonds. The Morgan fingerprint density at radius 1 is 1.16 bits per heavy atom. The van der Waals surface area contributed by atoms with E-state index in [0.717, 1.165) is 6.42 Å². The van der Waals surface area contributed by atoms with E-state index in [1.807, 2.05) is 0 Å². The van der Waals surface area contributed by atoms with Gasteiger partial charge in [0.25, 0.3) is 0 Å². The van der Waals surface area contributed by atoms with E-state index in [1.54, 1.807) is 14.2 Å². The summed E-state index contributed by atoms with van der Waals surface area (Å²) in [5.41, 5.74) is 5.65. The molecule has 0 saturated heterocycles. The Bertz CT molecular complexity index is 568. The van der Waals surface area contributed by atoms with Crippen LogP contribution in [0.1, 0.15) is 23.1 Å². The summed E-state index contributed by atoms with van der Waals surface area (Å²) in [7, 11) is 2.16. The van der Waals surface area contributed by atoms with Crippen LogP contribution < -0.4 is 0 Å². The fourth-order valence-electron chi connectivity index (χ4n) is 2.84.